The molecule has 98 valence electrons. The summed E-state index contributed by atoms with van der Waals surface area (Å²) in [6.07, 6.45) is -0.472. The number of carboxylic acids is 2. The van der Waals surface area contributed by atoms with Gasteiger partial charge in [0.1, 0.15) is 6.04 Å². The smallest absolute Gasteiger partial charge is 0.326 e. The summed E-state index contributed by atoms with van der Waals surface area (Å²) < 4.78 is 4.71. The molecule has 0 heterocycles. The number of carboxylic acid groups (broad SMARTS) is 2. The molecule has 0 aromatic carbocycles. The summed E-state index contributed by atoms with van der Waals surface area (Å²) in [6, 6.07) is -2.40. The van der Waals surface area contributed by atoms with E-state index in [1.165, 1.54) is 7.11 Å². The highest BCUT2D eigenvalue weighted by molar-refractivity contribution is 5.89. The minimum absolute atomic E-state index is 0.224. The highest BCUT2D eigenvalue weighted by Gasteiger charge is 2.25. The maximum Gasteiger partial charge on any atom is 0.326 e. The fraction of sp³-hybridized carbons (Fsp3) is 0.667. The van der Waals surface area contributed by atoms with Crippen LogP contribution < -0.4 is 11.1 Å². The van der Waals surface area contributed by atoms with Crippen LogP contribution in [-0.4, -0.2) is 53.9 Å². The van der Waals surface area contributed by atoms with Crippen LogP contribution >= 0.6 is 0 Å². The van der Waals surface area contributed by atoms with Crippen LogP contribution in [0.15, 0.2) is 0 Å². The Hall–Kier alpha value is -1.67. The van der Waals surface area contributed by atoms with E-state index in [0.29, 0.717) is 0 Å². The first kappa shape index (κ1) is 15.3. The average molecular weight is 248 g/mol. The van der Waals surface area contributed by atoms with Gasteiger partial charge in [0.25, 0.3) is 0 Å². The number of rotatable bonds is 8. The quantitative estimate of drug-likeness (QED) is 0.405. The summed E-state index contributed by atoms with van der Waals surface area (Å²) in [6.45, 7) is 0.255. The molecule has 2 atom stereocenters. The molecule has 5 N–H and O–H groups in total. The molecule has 0 fully saturated rings. The molecule has 1 amide bonds. The van der Waals surface area contributed by atoms with Gasteiger partial charge >= 0.3 is 11.9 Å². The van der Waals surface area contributed by atoms with Crippen LogP contribution in [0.25, 0.3) is 0 Å². The van der Waals surface area contributed by atoms with Gasteiger partial charge in [0.05, 0.1) is 12.5 Å². The summed E-state index contributed by atoms with van der Waals surface area (Å²) in [5.74, 6) is -3.45. The normalized spacial score (nSPS) is 13.8. The number of methoxy groups -OCH3 is 1. The molecule has 0 aromatic rings. The van der Waals surface area contributed by atoms with Gasteiger partial charge in [0.15, 0.2) is 0 Å². The lowest BCUT2D eigenvalue weighted by Gasteiger charge is -2.16. The van der Waals surface area contributed by atoms with E-state index in [9.17, 15) is 14.4 Å². The second-order valence-electron chi connectivity index (χ2n) is 3.39. The SMILES string of the molecule is COCCC(N)C(=O)NC(CC(=O)O)C(=O)O. The summed E-state index contributed by atoms with van der Waals surface area (Å²) in [7, 11) is 1.44. The largest absolute Gasteiger partial charge is 0.481 e. The molecular weight excluding hydrogens is 232 g/mol. The van der Waals surface area contributed by atoms with Gasteiger partial charge in [-0.25, -0.2) is 4.79 Å². The van der Waals surface area contributed by atoms with Gasteiger partial charge in [-0.3, -0.25) is 9.59 Å². The maximum absolute atomic E-state index is 11.4. The fourth-order valence-corrected chi connectivity index (χ4v) is 1.03. The highest BCUT2D eigenvalue weighted by atomic mass is 16.5. The first-order chi connectivity index (χ1) is 7.88. The standard InChI is InChI=1S/C9H16N2O6/c1-17-3-2-5(10)8(14)11-6(9(15)16)4-7(12)13/h5-6H,2-4,10H2,1H3,(H,11,14)(H,12,13)(H,15,16). The van der Waals surface area contributed by atoms with Crippen LogP contribution in [0.5, 0.6) is 0 Å². The number of carbonyl (C=O) groups excluding carboxylic acids is 1. The van der Waals surface area contributed by atoms with Gasteiger partial charge < -0.3 is 26.0 Å². The van der Waals surface area contributed by atoms with Crippen LogP contribution in [0, 0.1) is 0 Å². The molecule has 0 aromatic heterocycles. The Balaban J connectivity index is 4.29. The summed E-state index contributed by atoms with van der Waals surface area (Å²) in [4.78, 5) is 32.4. The van der Waals surface area contributed by atoms with Crippen LogP contribution in [-0.2, 0) is 19.1 Å². The minimum atomic E-state index is -1.48. The minimum Gasteiger partial charge on any atom is -0.481 e. The Morgan fingerprint density at radius 2 is 1.94 bits per heavy atom. The molecule has 0 rings (SSSR count). The monoisotopic (exact) mass is 248 g/mol. The van der Waals surface area contributed by atoms with E-state index in [4.69, 9.17) is 20.7 Å². The van der Waals surface area contributed by atoms with E-state index in [0.717, 1.165) is 0 Å². The average Bonchev–Trinajstić information content (AvgIpc) is 2.23. The third kappa shape index (κ3) is 6.48. The van der Waals surface area contributed by atoms with E-state index in [2.05, 4.69) is 5.32 Å². The first-order valence-electron chi connectivity index (χ1n) is 4.88. The lowest BCUT2D eigenvalue weighted by atomic mass is 10.1. The van der Waals surface area contributed by atoms with Crippen LogP contribution in [0.1, 0.15) is 12.8 Å². The van der Waals surface area contributed by atoms with Crippen molar-refractivity contribution < 1.29 is 29.3 Å². The summed E-state index contributed by atoms with van der Waals surface area (Å²) in [5.41, 5.74) is 5.45. The van der Waals surface area contributed by atoms with E-state index in [1.54, 1.807) is 0 Å². The number of hydrogen-bond donors (Lipinski definition) is 4. The van der Waals surface area contributed by atoms with Crippen molar-refractivity contribution in [1.82, 2.24) is 5.32 Å². The van der Waals surface area contributed by atoms with Crippen molar-refractivity contribution in [1.29, 1.82) is 0 Å². The van der Waals surface area contributed by atoms with Crippen molar-refractivity contribution in [2.75, 3.05) is 13.7 Å². The highest BCUT2D eigenvalue weighted by Crippen LogP contribution is 1.96. The number of ether oxygens (including phenoxy) is 1. The first-order valence-corrected chi connectivity index (χ1v) is 4.88. The van der Waals surface area contributed by atoms with Crippen LogP contribution in [0.3, 0.4) is 0 Å². The zero-order valence-electron chi connectivity index (χ0n) is 9.38. The number of nitrogens with two attached hydrogens (primary N) is 1. The van der Waals surface area contributed by atoms with Crippen molar-refractivity contribution in [3.8, 4) is 0 Å². The molecule has 0 aliphatic heterocycles. The van der Waals surface area contributed by atoms with E-state index < -0.39 is 36.4 Å². The number of aliphatic carboxylic acids is 2. The van der Waals surface area contributed by atoms with Gasteiger partial charge in [-0.2, -0.15) is 0 Å². The van der Waals surface area contributed by atoms with Gasteiger partial charge in [-0.1, -0.05) is 0 Å². The number of carbonyl (C=O) groups is 3. The molecular formula is C9H16N2O6. The lowest BCUT2D eigenvalue weighted by Crippen LogP contribution is -2.49. The van der Waals surface area contributed by atoms with E-state index in [1.807, 2.05) is 0 Å². The third-order valence-corrected chi connectivity index (χ3v) is 1.96. The van der Waals surface area contributed by atoms with Crippen LogP contribution in [0.2, 0.25) is 0 Å². The molecule has 17 heavy (non-hydrogen) atoms. The second kappa shape index (κ2) is 7.58. The number of amides is 1. The Labute approximate surface area is 97.7 Å². The third-order valence-electron chi connectivity index (χ3n) is 1.96. The molecule has 0 aliphatic rings. The Bertz CT molecular complexity index is 293. The molecule has 0 spiro atoms. The lowest BCUT2D eigenvalue weighted by molar-refractivity contribution is -0.147. The molecule has 0 bridgehead atoms. The maximum atomic E-state index is 11.4. The Morgan fingerprint density at radius 3 is 2.35 bits per heavy atom. The van der Waals surface area contributed by atoms with Crippen molar-refractivity contribution in [3.05, 3.63) is 0 Å². The van der Waals surface area contributed by atoms with Gasteiger partial charge in [0, 0.05) is 13.7 Å². The summed E-state index contributed by atoms with van der Waals surface area (Å²) >= 11 is 0. The molecule has 8 heteroatoms. The zero-order chi connectivity index (χ0) is 13.4. The number of hydrogen-bond acceptors (Lipinski definition) is 5. The molecule has 8 nitrogen and oxygen atoms in total. The van der Waals surface area contributed by atoms with Crippen molar-refractivity contribution in [2.24, 2.45) is 5.73 Å². The van der Waals surface area contributed by atoms with Gasteiger partial charge in [-0.15, -0.1) is 0 Å². The van der Waals surface area contributed by atoms with Crippen molar-refractivity contribution in [3.63, 3.8) is 0 Å². The Kier molecular flexibility index (Phi) is 6.83. The second-order valence-corrected chi connectivity index (χ2v) is 3.39. The summed E-state index contributed by atoms with van der Waals surface area (Å²) in [5, 5.41) is 19.2. The predicted molar refractivity (Wildman–Crippen MR) is 56.3 cm³/mol. The molecule has 0 saturated heterocycles. The van der Waals surface area contributed by atoms with Crippen molar-refractivity contribution in [2.45, 2.75) is 24.9 Å². The predicted octanol–water partition coefficient (Wildman–Crippen LogP) is -1.61. The number of nitrogens with one attached hydrogen (secondary N) is 1. The topological polar surface area (TPSA) is 139 Å². The van der Waals surface area contributed by atoms with E-state index >= 15 is 0 Å². The fourth-order valence-electron chi connectivity index (χ4n) is 1.03. The van der Waals surface area contributed by atoms with Gasteiger partial charge in [0.2, 0.25) is 5.91 Å². The zero-order valence-corrected chi connectivity index (χ0v) is 9.38. The van der Waals surface area contributed by atoms with Crippen LogP contribution in [0.4, 0.5) is 0 Å². The van der Waals surface area contributed by atoms with E-state index in [-0.39, 0.29) is 13.0 Å². The molecule has 0 aliphatic carbocycles. The molecule has 2 unspecified atom stereocenters. The Morgan fingerprint density at radius 1 is 1.35 bits per heavy atom. The molecule has 0 radical (unpaired) electrons. The van der Waals surface area contributed by atoms with Gasteiger partial charge in [-0.05, 0) is 6.42 Å². The molecule has 0 saturated carbocycles. The van der Waals surface area contributed by atoms with Crippen molar-refractivity contribution >= 4 is 17.8 Å².